The molecule has 2 aliphatic heterocycles. The van der Waals surface area contributed by atoms with Crippen molar-refractivity contribution in [1.29, 1.82) is 0 Å². The number of ketones is 1. The first-order valence-electron chi connectivity index (χ1n) is 7.00. The lowest BCUT2D eigenvalue weighted by Gasteiger charge is -2.05. The van der Waals surface area contributed by atoms with Crippen molar-refractivity contribution in [2.45, 2.75) is 20.8 Å². The highest BCUT2D eigenvalue weighted by Crippen LogP contribution is 2.34. The smallest absolute Gasteiger partial charge is 0.178 e. The summed E-state index contributed by atoms with van der Waals surface area (Å²) in [5.41, 5.74) is 6.97. The van der Waals surface area contributed by atoms with Gasteiger partial charge in [0.2, 0.25) is 0 Å². The van der Waals surface area contributed by atoms with E-state index in [4.69, 9.17) is 4.99 Å². The molecule has 3 heteroatoms. The van der Waals surface area contributed by atoms with Crippen LogP contribution < -0.4 is 10.7 Å². The minimum atomic E-state index is 0.0144. The number of Topliss-reactive ketones (excluding diaryl/α,β-unsaturated/α-hetero) is 1. The molecular formula is C18H14N2O. The Morgan fingerprint density at radius 2 is 1.81 bits per heavy atom. The van der Waals surface area contributed by atoms with Gasteiger partial charge in [-0.1, -0.05) is 18.2 Å². The normalized spacial score (nSPS) is 14.2. The first-order valence-corrected chi connectivity index (χ1v) is 7.00. The number of fused-ring (bicyclic) bond motifs is 4. The SMILES string of the molecule is CC(=O)C1=C(C)c2c(C)c3c(cc2=N1)-c1ccccc1N=3. The topological polar surface area (TPSA) is 41.8 Å². The predicted octanol–water partition coefficient (Wildman–Crippen LogP) is 2.88. The quantitative estimate of drug-likeness (QED) is 0.672. The zero-order valence-corrected chi connectivity index (χ0v) is 12.2. The van der Waals surface area contributed by atoms with Crippen molar-refractivity contribution in [1.82, 2.24) is 0 Å². The average Bonchev–Trinajstić information content (AvgIpc) is 2.99. The van der Waals surface area contributed by atoms with Crippen molar-refractivity contribution in [3.8, 4) is 11.1 Å². The number of hydrogen-bond donors (Lipinski definition) is 0. The molecule has 0 saturated carbocycles. The van der Waals surface area contributed by atoms with Crippen molar-refractivity contribution in [3.05, 3.63) is 57.9 Å². The number of hydrogen-bond acceptors (Lipinski definition) is 3. The Balaban J connectivity index is 2.09. The molecule has 0 unspecified atom stereocenters. The summed E-state index contributed by atoms with van der Waals surface area (Å²) in [7, 11) is 0. The lowest BCUT2D eigenvalue weighted by Crippen LogP contribution is -2.18. The van der Waals surface area contributed by atoms with E-state index < -0.39 is 0 Å². The Bertz CT molecular complexity index is 981. The molecular weight excluding hydrogens is 260 g/mol. The molecule has 2 aromatic carbocycles. The van der Waals surface area contributed by atoms with Gasteiger partial charge in [-0.3, -0.25) is 4.79 Å². The number of allylic oxidation sites excluding steroid dienone is 2. The highest BCUT2D eigenvalue weighted by Gasteiger charge is 2.23. The van der Waals surface area contributed by atoms with Gasteiger partial charge in [-0.15, -0.1) is 0 Å². The molecule has 2 aliphatic rings. The van der Waals surface area contributed by atoms with Gasteiger partial charge in [-0.2, -0.15) is 0 Å². The van der Waals surface area contributed by atoms with Crippen LogP contribution in [-0.2, 0) is 4.79 Å². The number of para-hydroxylation sites is 1. The van der Waals surface area contributed by atoms with Crippen LogP contribution in [0.1, 0.15) is 25.0 Å². The summed E-state index contributed by atoms with van der Waals surface area (Å²) in [6.07, 6.45) is 0. The molecule has 3 nitrogen and oxygen atoms in total. The van der Waals surface area contributed by atoms with Crippen LogP contribution >= 0.6 is 0 Å². The van der Waals surface area contributed by atoms with Gasteiger partial charge < -0.3 is 0 Å². The molecule has 0 radical (unpaired) electrons. The number of carbonyl (C=O) groups excluding carboxylic acids is 1. The second kappa shape index (κ2) is 3.98. The van der Waals surface area contributed by atoms with E-state index in [0.29, 0.717) is 5.70 Å². The Labute approximate surface area is 122 Å². The van der Waals surface area contributed by atoms with Crippen molar-refractivity contribution >= 4 is 17.0 Å². The molecule has 0 fully saturated rings. The second-order valence-electron chi connectivity index (χ2n) is 5.56. The molecule has 0 spiro atoms. The summed E-state index contributed by atoms with van der Waals surface area (Å²) >= 11 is 0. The molecule has 0 aromatic heterocycles. The van der Waals surface area contributed by atoms with Crippen LogP contribution in [0.3, 0.4) is 0 Å². The lowest BCUT2D eigenvalue weighted by molar-refractivity contribution is -0.113. The summed E-state index contributed by atoms with van der Waals surface area (Å²) in [6.45, 7) is 5.60. The third-order valence-corrected chi connectivity index (χ3v) is 4.24. The van der Waals surface area contributed by atoms with Crippen LogP contribution in [-0.4, -0.2) is 5.78 Å². The number of rotatable bonds is 1. The maximum atomic E-state index is 11.7. The zero-order valence-electron chi connectivity index (χ0n) is 12.2. The van der Waals surface area contributed by atoms with E-state index in [-0.39, 0.29) is 5.78 Å². The number of benzene rings is 2. The van der Waals surface area contributed by atoms with E-state index in [1.807, 2.05) is 25.1 Å². The fourth-order valence-electron chi connectivity index (χ4n) is 3.29. The van der Waals surface area contributed by atoms with Crippen molar-refractivity contribution in [3.63, 3.8) is 0 Å². The molecule has 2 heterocycles. The highest BCUT2D eigenvalue weighted by atomic mass is 16.1. The minimum Gasteiger partial charge on any atom is -0.293 e. The second-order valence-corrected chi connectivity index (χ2v) is 5.56. The van der Waals surface area contributed by atoms with E-state index in [1.54, 1.807) is 6.92 Å². The molecule has 0 atom stereocenters. The van der Waals surface area contributed by atoms with Crippen LogP contribution in [0.4, 0.5) is 5.69 Å². The Morgan fingerprint density at radius 1 is 1.05 bits per heavy atom. The van der Waals surface area contributed by atoms with E-state index in [0.717, 1.165) is 44.2 Å². The summed E-state index contributed by atoms with van der Waals surface area (Å²) in [5.74, 6) is 0.0144. The van der Waals surface area contributed by atoms with Gasteiger partial charge in [0.15, 0.2) is 5.78 Å². The number of nitrogens with zero attached hydrogens (tertiary/aromatic N) is 2. The predicted molar refractivity (Wildman–Crippen MR) is 81.9 cm³/mol. The van der Waals surface area contributed by atoms with Gasteiger partial charge in [0.1, 0.15) is 5.70 Å². The Morgan fingerprint density at radius 3 is 2.57 bits per heavy atom. The number of carbonyl (C=O) groups is 1. The molecule has 21 heavy (non-hydrogen) atoms. The molecule has 0 N–H and O–H groups in total. The van der Waals surface area contributed by atoms with E-state index in [1.165, 1.54) is 0 Å². The van der Waals surface area contributed by atoms with Crippen LogP contribution in [0.15, 0.2) is 46.0 Å². The standard InChI is InChI=1S/C18H14N2O/c1-9-16-10(2)18-13(8-15(16)20-17(9)11(3)21)12-6-4-5-7-14(12)19-18/h4-8H,1-3H3. The van der Waals surface area contributed by atoms with Gasteiger partial charge in [0.25, 0.3) is 0 Å². The zero-order chi connectivity index (χ0) is 14.7. The van der Waals surface area contributed by atoms with Crippen LogP contribution in [0.5, 0.6) is 0 Å². The third-order valence-electron chi connectivity index (χ3n) is 4.24. The maximum Gasteiger partial charge on any atom is 0.178 e. The van der Waals surface area contributed by atoms with E-state index >= 15 is 0 Å². The molecule has 102 valence electrons. The van der Waals surface area contributed by atoms with Crippen molar-refractivity contribution in [2.24, 2.45) is 9.98 Å². The third kappa shape index (κ3) is 1.51. The van der Waals surface area contributed by atoms with E-state index in [2.05, 4.69) is 24.0 Å². The minimum absolute atomic E-state index is 0.0144. The largest absolute Gasteiger partial charge is 0.293 e. The molecule has 4 rings (SSSR count). The molecule has 0 saturated heterocycles. The monoisotopic (exact) mass is 274 g/mol. The fourth-order valence-corrected chi connectivity index (χ4v) is 3.29. The molecule has 0 aliphatic carbocycles. The molecule has 2 aromatic rings. The summed E-state index contributed by atoms with van der Waals surface area (Å²) < 4.78 is 0. The average molecular weight is 274 g/mol. The lowest BCUT2D eigenvalue weighted by atomic mass is 9.96. The molecule has 0 amide bonds. The van der Waals surface area contributed by atoms with Crippen LogP contribution in [0, 0.1) is 6.92 Å². The van der Waals surface area contributed by atoms with Gasteiger partial charge >= 0.3 is 0 Å². The first-order chi connectivity index (χ1) is 10.1. The van der Waals surface area contributed by atoms with Gasteiger partial charge in [-0.05, 0) is 37.1 Å². The summed E-state index contributed by atoms with van der Waals surface area (Å²) in [5, 5.41) is 1.90. The van der Waals surface area contributed by atoms with Gasteiger partial charge in [0, 0.05) is 23.6 Å². The van der Waals surface area contributed by atoms with Gasteiger partial charge in [-0.25, -0.2) is 9.98 Å². The summed E-state index contributed by atoms with van der Waals surface area (Å²) in [6, 6.07) is 10.2. The van der Waals surface area contributed by atoms with Crippen molar-refractivity contribution < 1.29 is 4.79 Å². The Kier molecular flexibility index (Phi) is 2.31. The highest BCUT2D eigenvalue weighted by molar-refractivity contribution is 6.02. The first kappa shape index (κ1) is 12.2. The maximum absolute atomic E-state index is 11.7. The van der Waals surface area contributed by atoms with Crippen LogP contribution in [0.2, 0.25) is 0 Å². The van der Waals surface area contributed by atoms with E-state index in [9.17, 15) is 4.79 Å². The fraction of sp³-hybridized carbons (Fsp3) is 0.167. The van der Waals surface area contributed by atoms with Crippen LogP contribution in [0.25, 0.3) is 16.7 Å². The van der Waals surface area contributed by atoms with Crippen molar-refractivity contribution in [2.75, 3.05) is 0 Å². The summed E-state index contributed by atoms with van der Waals surface area (Å²) in [4.78, 5) is 21.0. The molecule has 0 bridgehead atoms. The Hall–Kier alpha value is -2.55. The van der Waals surface area contributed by atoms with Gasteiger partial charge in [0.05, 0.1) is 16.4 Å².